The summed E-state index contributed by atoms with van der Waals surface area (Å²) in [4.78, 5) is 10.9. The minimum atomic E-state index is 0.658. The molecule has 0 aliphatic heterocycles. The quantitative estimate of drug-likeness (QED) is 0.184. The van der Waals surface area contributed by atoms with Crippen molar-refractivity contribution in [2.45, 2.75) is 0 Å². The van der Waals surface area contributed by atoms with Gasteiger partial charge in [0.2, 0.25) is 5.95 Å². The monoisotopic (exact) mass is 699 g/mol. The second kappa shape index (κ2) is 10.6. The van der Waals surface area contributed by atoms with E-state index in [0.717, 1.165) is 44.4 Å². The van der Waals surface area contributed by atoms with Gasteiger partial charge in [-0.1, -0.05) is 121 Å². The van der Waals surface area contributed by atoms with Crippen molar-refractivity contribution in [3.8, 4) is 22.9 Å². The highest BCUT2D eigenvalue weighted by molar-refractivity contribution is 6.35. The molecule has 5 heterocycles. The van der Waals surface area contributed by atoms with Crippen molar-refractivity contribution in [1.82, 2.24) is 23.5 Å². The van der Waals surface area contributed by atoms with Crippen molar-refractivity contribution in [2.75, 3.05) is 0 Å². The summed E-state index contributed by atoms with van der Waals surface area (Å²) in [6.07, 6.45) is 0. The van der Waals surface area contributed by atoms with Crippen LogP contribution in [0.15, 0.2) is 176 Å². The van der Waals surface area contributed by atoms with Crippen molar-refractivity contribution >= 4 is 92.6 Å². The molecule has 0 N–H and O–H groups in total. The van der Waals surface area contributed by atoms with Crippen LogP contribution in [0, 0.1) is 0 Å². The van der Waals surface area contributed by atoms with Crippen LogP contribution in [0.4, 0.5) is 0 Å². The number of hydrogen-bond acceptors (Lipinski definition) is 2. The molecule has 0 saturated heterocycles. The summed E-state index contributed by atoms with van der Waals surface area (Å²) >= 11 is 0. The third-order valence-corrected chi connectivity index (χ3v) is 11.8. The molecule has 0 atom stereocenters. The molecule has 5 aromatic heterocycles. The Morgan fingerprint density at radius 1 is 0.345 bits per heavy atom. The average Bonchev–Trinajstić information content (AvgIpc) is 3.97. The molecule has 8 aromatic carbocycles. The summed E-state index contributed by atoms with van der Waals surface area (Å²) in [5.41, 5.74) is 12.2. The van der Waals surface area contributed by atoms with Crippen molar-refractivity contribution in [1.29, 1.82) is 0 Å². The Morgan fingerprint density at radius 3 is 1.67 bits per heavy atom. The molecule has 0 aliphatic rings. The number of aromatic nitrogens is 5. The highest BCUT2D eigenvalue weighted by Gasteiger charge is 2.25. The number of hydrogen-bond donors (Lipinski definition) is 0. The Balaban J connectivity index is 1.15. The van der Waals surface area contributed by atoms with Gasteiger partial charge in [0, 0.05) is 59.7 Å². The molecule has 254 valence electrons. The van der Waals surface area contributed by atoms with Gasteiger partial charge in [-0.2, -0.15) is 0 Å². The van der Waals surface area contributed by atoms with E-state index in [1.54, 1.807) is 0 Å². The lowest BCUT2D eigenvalue weighted by Gasteiger charge is -2.13. The van der Waals surface area contributed by atoms with Crippen molar-refractivity contribution in [2.24, 2.45) is 0 Å². The first kappa shape index (κ1) is 29.0. The fourth-order valence-corrected chi connectivity index (χ4v) is 9.54. The standard InChI is InChI=1S/C50H29N5/c1-2-14-31(15-3-1)53-40-22-10-5-16-32(40)34-27-26-30(28-44(34)53)48-35-18-4-9-21-39(35)51-50(52-48)55-43-25-13-7-19-36(43)46-45(55)29-38-33-17-6-11-23-41(33)54-42-24-12-8-20-37(42)47(46)49(38)54/h1-29H. The Labute approximate surface area is 313 Å². The molecular formula is C50H29N5. The highest BCUT2D eigenvalue weighted by atomic mass is 15.2. The van der Waals surface area contributed by atoms with E-state index in [4.69, 9.17) is 9.97 Å². The van der Waals surface area contributed by atoms with Crippen LogP contribution in [0.5, 0.6) is 0 Å². The maximum atomic E-state index is 5.56. The lowest BCUT2D eigenvalue weighted by atomic mass is 10.0. The normalized spacial score (nSPS) is 12.4. The second-order valence-electron chi connectivity index (χ2n) is 14.6. The fourth-order valence-electron chi connectivity index (χ4n) is 9.54. The Bertz CT molecular complexity index is 3720. The van der Waals surface area contributed by atoms with Crippen molar-refractivity contribution in [3.05, 3.63) is 176 Å². The second-order valence-corrected chi connectivity index (χ2v) is 14.6. The zero-order valence-electron chi connectivity index (χ0n) is 29.5. The molecule has 0 spiro atoms. The molecule has 0 amide bonds. The van der Waals surface area contributed by atoms with Gasteiger partial charge in [0.1, 0.15) is 0 Å². The molecule has 0 fully saturated rings. The third kappa shape index (κ3) is 3.76. The summed E-state index contributed by atoms with van der Waals surface area (Å²) in [6, 6.07) is 63.2. The zero-order chi connectivity index (χ0) is 35.8. The van der Waals surface area contributed by atoms with Crippen LogP contribution in [0.1, 0.15) is 0 Å². The minimum Gasteiger partial charge on any atom is -0.309 e. The van der Waals surface area contributed by atoms with E-state index in [2.05, 4.69) is 189 Å². The first-order valence-electron chi connectivity index (χ1n) is 18.8. The number of nitrogens with zero attached hydrogens (tertiary/aromatic N) is 5. The van der Waals surface area contributed by atoms with Gasteiger partial charge in [-0.15, -0.1) is 0 Å². The maximum absolute atomic E-state index is 5.56. The Morgan fingerprint density at radius 2 is 0.909 bits per heavy atom. The average molecular weight is 700 g/mol. The predicted octanol–water partition coefficient (Wildman–Crippen LogP) is 12.6. The van der Waals surface area contributed by atoms with E-state index in [-0.39, 0.29) is 0 Å². The van der Waals surface area contributed by atoms with Crippen LogP contribution in [-0.4, -0.2) is 23.5 Å². The Kier molecular flexibility index (Phi) is 5.57. The molecule has 0 radical (unpaired) electrons. The zero-order valence-corrected chi connectivity index (χ0v) is 29.5. The molecule has 0 bridgehead atoms. The van der Waals surface area contributed by atoms with E-state index in [9.17, 15) is 0 Å². The maximum Gasteiger partial charge on any atom is 0.235 e. The minimum absolute atomic E-state index is 0.658. The smallest absolute Gasteiger partial charge is 0.235 e. The first-order chi connectivity index (χ1) is 27.3. The molecular weight excluding hydrogens is 671 g/mol. The van der Waals surface area contributed by atoms with Gasteiger partial charge in [-0.05, 0) is 54.6 Å². The van der Waals surface area contributed by atoms with E-state index in [1.165, 1.54) is 65.2 Å². The number of benzene rings is 8. The predicted molar refractivity (Wildman–Crippen MR) is 228 cm³/mol. The largest absolute Gasteiger partial charge is 0.309 e. The fraction of sp³-hybridized carbons (Fsp3) is 0. The van der Waals surface area contributed by atoms with Gasteiger partial charge < -0.3 is 8.97 Å². The van der Waals surface area contributed by atoms with Gasteiger partial charge in [-0.25, -0.2) is 9.97 Å². The molecule has 0 unspecified atom stereocenters. The van der Waals surface area contributed by atoms with Crippen LogP contribution in [0.25, 0.3) is 116 Å². The Hall–Kier alpha value is -7.50. The van der Waals surface area contributed by atoms with Crippen LogP contribution in [0.2, 0.25) is 0 Å². The molecule has 13 aromatic rings. The van der Waals surface area contributed by atoms with E-state index < -0.39 is 0 Å². The first-order valence-corrected chi connectivity index (χ1v) is 18.8. The van der Waals surface area contributed by atoms with Gasteiger partial charge in [0.25, 0.3) is 0 Å². The van der Waals surface area contributed by atoms with Crippen LogP contribution in [0.3, 0.4) is 0 Å². The molecule has 13 rings (SSSR count). The van der Waals surface area contributed by atoms with E-state index in [1.807, 2.05) is 0 Å². The lowest BCUT2D eigenvalue weighted by Crippen LogP contribution is -2.03. The molecule has 5 heteroatoms. The van der Waals surface area contributed by atoms with Gasteiger partial charge >= 0.3 is 0 Å². The molecule has 0 saturated carbocycles. The molecule has 5 nitrogen and oxygen atoms in total. The van der Waals surface area contributed by atoms with Crippen LogP contribution < -0.4 is 0 Å². The topological polar surface area (TPSA) is 40.0 Å². The molecule has 55 heavy (non-hydrogen) atoms. The SMILES string of the molecule is c1ccc(-n2c3ccccc3c3ccc(-c4nc(-n5c6ccccc6c6c7c8ccccc8n8c9ccccc9c(cc65)c78)nc5ccccc45)cc32)cc1. The van der Waals surface area contributed by atoms with Crippen molar-refractivity contribution in [3.63, 3.8) is 0 Å². The number of para-hydroxylation sites is 6. The van der Waals surface area contributed by atoms with Gasteiger partial charge in [0.15, 0.2) is 0 Å². The third-order valence-electron chi connectivity index (χ3n) is 11.8. The van der Waals surface area contributed by atoms with E-state index >= 15 is 0 Å². The van der Waals surface area contributed by atoms with E-state index in [0.29, 0.717) is 5.95 Å². The van der Waals surface area contributed by atoms with Crippen LogP contribution >= 0.6 is 0 Å². The summed E-state index contributed by atoms with van der Waals surface area (Å²) in [7, 11) is 0. The molecule has 0 aliphatic carbocycles. The van der Waals surface area contributed by atoms with Crippen molar-refractivity contribution < 1.29 is 0 Å². The number of fused-ring (bicyclic) bond motifs is 14. The van der Waals surface area contributed by atoms with Crippen LogP contribution in [-0.2, 0) is 0 Å². The summed E-state index contributed by atoms with van der Waals surface area (Å²) in [6.45, 7) is 0. The highest BCUT2D eigenvalue weighted by Crippen LogP contribution is 2.46. The summed E-state index contributed by atoms with van der Waals surface area (Å²) in [5, 5.41) is 10.9. The summed E-state index contributed by atoms with van der Waals surface area (Å²) in [5.74, 6) is 0.658. The summed E-state index contributed by atoms with van der Waals surface area (Å²) < 4.78 is 7.12. The number of rotatable bonds is 3. The lowest BCUT2D eigenvalue weighted by molar-refractivity contribution is 1.01. The van der Waals surface area contributed by atoms with Gasteiger partial charge in [0.05, 0.1) is 49.8 Å². The van der Waals surface area contributed by atoms with Gasteiger partial charge in [-0.3, -0.25) is 4.57 Å².